The summed E-state index contributed by atoms with van der Waals surface area (Å²) in [6.45, 7) is 1.78. The average molecular weight is 287 g/mol. The summed E-state index contributed by atoms with van der Waals surface area (Å²) in [4.78, 5) is 11.0. The first-order valence-electron chi connectivity index (χ1n) is 6.56. The van der Waals surface area contributed by atoms with Crippen LogP contribution in [0.2, 0.25) is 0 Å². The van der Waals surface area contributed by atoms with E-state index in [1.165, 1.54) is 6.07 Å². The molecule has 3 rings (SSSR count). The number of halogens is 1. The van der Waals surface area contributed by atoms with Crippen molar-refractivity contribution in [1.29, 1.82) is 0 Å². The number of fused-ring (bicyclic) bond motifs is 1. The Morgan fingerprint density at radius 2 is 2.05 bits per heavy atom. The van der Waals surface area contributed by atoms with E-state index in [9.17, 15) is 9.18 Å². The summed E-state index contributed by atoms with van der Waals surface area (Å²) in [5, 5.41) is 7.60. The van der Waals surface area contributed by atoms with Crippen LogP contribution in [0, 0.1) is 5.82 Å². The van der Waals surface area contributed by atoms with Gasteiger partial charge in [-0.3, -0.25) is 0 Å². The molecule has 1 heterocycles. The number of nitrogens with two attached hydrogens (primary N) is 1. The molecule has 2 aromatic carbocycles. The zero-order valence-electron chi connectivity index (χ0n) is 11.3. The van der Waals surface area contributed by atoms with Crippen LogP contribution in [0.3, 0.4) is 0 Å². The monoisotopic (exact) mass is 287 g/mol. The minimum absolute atomic E-state index is 0.0693. The standard InChI is InChI=1S/C15H14FN3O2/c1-8(13(17)14-18-19-15(20)21-14)12-10-5-3-2-4-9(10)6-7-11(12)16/h2-8,13H,17H2,1H3,(H,19,20)/t8-,13+/m1/s1. The quantitative estimate of drug-likeness (QED) is 0.775. The molecule has 0 amide bonds. The van der Waals surface area contributed by atoms with Gasteiger partial charge in [0.15, 0.2) is 0 Å². The number of H-pyrrole nitrogens is 1. The Morgan fingerprint density at radius 1 is 1.29 bits per heavy atom. The number of aromatic amines is 1. The molecule has 0 unspecified atom stereocenters. The molecule has 0 bridgehead atoms. The Morgan fingerprint density at radius 3 is 2.76 bits per heavy atom. The fourth-order valence-electron chi connectivity index (χ4n) is 2.51. The normalized spacial score (nSPS) is 14.2. The van der Waals surface area contributed by atoms with Gasteiger partial charge in [-0.05, 0) is 16.8 Å². The molecule has 0 saturated heterocycles. The lowest BCUT2D eigenvalue weighted by molar-refractivity contribution is 0.398. The number of nitrogens with one attached hydrogen (secondary N) is 1. The van der Waals surface area contributed by atoms with E-state index in [1.807, 2.05) is 24.3 Å². The Kier molecular flexibility index (Phi) is 3.31. The second-order valence-corrected chi connectivity index (χ2v) is 4.95. The van der Waals surface area contributed by atoms with E-state index in [4.69, 9.17) is 10.2 Å². The molecule has 108 valence electrons. The highest BCUT2D eigenvalue weighted by Crippen LogP contribution is 2.34. The summed E-state index contributed by atoms with van der Waals surface area (Å²) in [6, 6.07) is 9.91. The SMILES string of the molecule is C[C@H](c1c(F)ccc2ccccc12)[C@H](N)c1n[nH]c(=O)o1. The summed E-state index contributed by atoms with van der Waals surface area (Å²) < 4.78 is 19.1. The summed E-state index contributed by atoms with van der Waals surface area (Å²) in [7, 11) is 0. The predicted octanol–water partition coefficient (Wildman–Crippen LogP) is 2.46. The molecule has 6 heteroatoms. The maximum absolute atomic E-state index is 14.3. The fourth-order valence-corrected chi connectivity index (χ4v) is 2.51. The van der Waals surface area contributed by atoms with Gasteiger partial charge in [0, 0.05) is 11.5 Å². The van der Waals surface area contributed by atoms with Crippen molar-refractivity contribution in [1.82, 2.24) is 10.2 Å². The van der Waals surface area contributed by atoms with E-state index in [1.54, 1.807) is 13.0 Å². The van der Waals surface area contributed by atoms with E-state index in [0.29, 0.717) is 5.56 Å². The fraction of sp³-hybridized carbons (Fsp3) is 0.200. The number of rotatable bonds is 3. The van der Waals surface area contributed by atoms with Gasteiger partial charge in [0.25, 0.3) is 0 Å². The first kappa shape index (κ1) is 13.5. The van der Waals surface area contributed by atoms with Crippen molar-refractivity contribution in [3.05, 3.63) is 64.2 Å². The molecule has 3 N–H and O–H groups in total. The van der Waals surface area contributed by atoms with Crippen LogP contribution in [0.25, 0.3) is 10.8 Å². The molecule has 1 aromatic heterocycles. The van der Waals surface area contributed by atoms with Gasteiger partial charge in [-0.2, -0.15) is 0 Å². The smallest absolute Gasteiger partial charge is 0.391 e. The Hall–Kier alpha value is -2.47. The second-order valence-electron chi connectivity index (χ2n) is 4.95. The third-order valence-electron chi connectivity index (χ3n) is 3.65. The molecular weight excluding hydrogens is 273 g/mol. The molecule has 0 saturated carbocycles. The van der Waals surface area contributed by atoms with Crippen LogP contribution in [-0.4, -0.2) is 10.2 Å². The number of aromatic nitrogens is 2. The molecular formula is C15H14FN3O2. The summed E-state index contributed by atoms with van der Waals surface area (Å²) in [6.07, 6.45) is 0. The van der Waals surface area contributed by atoms with Crippen LogP contribution in [0.1, 0.15) is 30.3 Å². The van der Waals surface area contributed by atoms with Crippen molar-refractivity contribution < 1.29 is 8.81 Å². The van der Waals surface area contributed by atoms with Crippen LogP contribution < -0.4 is 11.5 Å². The van der Waals surface area contributed by atoms with E-state index in [2.05, 4.69) is 10.2 Å². The lowest BCUT2D eigenvalue weighted by Crippen LogP contribution is -2.19. The van der Waals surface area contributed by atoms with Crippen LogP contribution in [-0.2, 0) is 0 Å². The Bertz CT molecular complexity index is 840. The van der Waals surface area contributed by atoms with Crippen molar-refractivity contribution in [2.45, 2.75) is 18.9 Å². The summed E-state index contributed by atoms with van der Waals surface area (Å²) in [5.41, 5.74) is 6.55. The lowest BCUT2D eigenvalue weighted by atomic mass is 9.89. The highest BCUT2D eigenvalue weighted by Gasteiger charge is 2.25. The van der Waals surface area contributed by atoms with Gasteiger partial charge >= 0.3 is 5.76 Å². The molecule has 2 atom stereocenters. The zero-order chi connectivity index (χ0) is 15.0. The van der Waals surface area contributed by atoms with Gasteiger partial charge < -0.3 is 10.2 Å². The number of hydrogen-bond donors (Lipinski definition) is 2. The molecule has 0 spiro atoms. The highest BCUT2D eigenvalue weighted by atomic mass is 19.1. The van der Waals surface area contributed by atoms with Crippen LogP contribution >= 0.6 is 0 Å². The van der Waals surface area contributed by atoms with E-state index in [-0.39, 0.29) is 11.7 Å². The van der Waals surface area contributed by atoms with Crippen LogP contribution in [0.15, 0.2) is 45.6 Å². The summed E-state index contributed by atoms with van der Waals surface area (Å²) >= 11 is 0. The molecule has 5 nitrogen and oxygen atoms in total. The second kappa shape index (κ2) is 5.14. The lowest BCUT2D eigenvalue weighted by Gasteiger charge is -2.19. The number of nitrogens with zero attached hydrogens (tertiary/aromatic N) is 1. The van der Waals surface area contributed by atoms with Gasteiger partial charge in [-0.1, -0.05) is 37.3 Å². The molecule has 0 radical (unpaired) electrons. The Balaban J connectivity index is 2.11. The van der Waals surface area contributed by atoms with Crippen molar-refractivity contribution in [2.24, 2.45) is 5.73 Å². The van der Waals surface area contributed by atoms with E-state index >= 15 is 0 Å². The number of benzene rings is 2. The van der Waals surface area contributed by atoms with Gasteiger partial charge in [-0.15, -0.1) is 5.10 Å². The maximum Gasteiger partial charge on any atom is 0.434 e. The molecule has 0 aliphatic rings. The highest BCUT2D eigenvalue weighted by molar-refractivity contribution is 5.86. The molecule has 21 heavy (non-hydrogen) atoms. The minimum Gasteiger partial charge on any atom is -0.391 e. The van der Waals surface area contributed by atoms with E-state index < -0.39 is 17.7 Å². The van der Waals surface area contributed by atoms with Gasteiger partial charge in [0.05, 0.1) is 6.04 Å². The first-order valence-corrected chi connectivity index (χ1v) is 6.56. The first-order chi connectivity index (χ1) is 10.1. The molecule has 3 aromatic rings. The molecule has 0 aliphatic carbocycles. The van der Waals surface area contributed by atoms with Crippen molar-refractivity contribution in [2.75, 3.05) is 0 Å². The van der Waals surface area contributed by atoms with Crippen LogP contribution in [0.4, 0.5) is 4.39 Å². The predicted molar refractivity (Wildman–Crippen MR) is 76.4 cm³/mol. The van der Waals surface area contributed by atoms with Crippen LogP contribution in [0.5, 0.6) is 0 Å². The third-order valence-corrected chi connectivity index (χ3v) is 3.65. The van der Waals surface area contributed by atoms with Crippen molar-refractivity contribution >= 4 is 10.8 Å². The van der Waals surface area contributed by atoms with E-state index in [0.717, 1.165) is 10.8 Å². The topological polar surface area (TPSA) is 84.9 Å². The van der Waals surface area contributed by atoms with Gasteiger partial charge in [0.2, 0.25) is 5.89 Å². The third kappa shape index (κ3) is 2.34. The molecule has 0 fully saturated rings. The molecule has 0 aliphatic heterocycles. The van der Waals surface area contributed by atoms with Crippen molar-refractivity contribution in [3.8, 4) is 0 Å². The van der Waals surface area contributed by atoms with Gasteiger partial charge in [-0.25, -0.2) is 14.3 Å². The summed E-state index contributed by atoms with van der Waals surface area (Å²) in [5.74, 6) is -1.34. The Labute approximate surface area is 119 Å². The van der Waals surface area contributed by atoms with Crippen molar-refractivity contribution in [3.63, 3.8) is 0 Å². The van der Waals surface area contributed by atoms with Gasteiger partial charge in [0.1, 0.15) is 5.82 Å². The maximum atomic E-state index is 14.3. The number of hydrogen-bond acceptors (Lipinski definition) is 4. The zero-order valence-corrected chi connectivity index (χ0v) is 11.3. The largest absolute Gasteiger partial charge is 0.434 e. The minimum atomic E-state index is -0.718. The average Bonchev–Trinajstić information content (AvgIpc) is 2.92.